The zero-order chi connectivity index (χ0) is 8.32. The molecule has 0 fully saturated rings. The minimum absolute atomic E-state index is 1.06. The molecule has 11 heavy (non-hydrogen) atoms. The van der Waals surface area contributed by atoms with E-state index in [1.807, 2.05) is 6.07 Å². The fourth-order valence-corrected chi connectivity index (χ4v) is 2.75. The summed E-state index contributed by atoms with van der Waals surface area (Å²) in [6, 6.07) is 11.5. The summed E-state index contributed by atoms with van der Waals surface area (Å²) in [5, 5.41) is 0. The Labute approximate surface area is 73.9 Å². The van der Waals surface area contributed by atoms with E-state index in [1.54, 1.807) is 0 Å². The lowest BCUT2D eigenvalue weighted by Gasteiger charge is -2.11. The maximum Gasteiger partial charge on any atom is 0.154 e. The van der Waals surface area contributed by atoms with E-state index in [9.17, 15) is 0 Å². The molecule has 0 saturated carbocycles. The fraction of sp³-hybridized carbons (Fsp3) is 0.333. The van der Waals surface area contributed by atoms with E-state index in [1.165, 1.54) is 5.56 Å². The van der Waals surface area contributed by atoms with E-state index in [-0.39, 0.29) is 0 Å². The molecule has 0 radical (unpaired) electrons. The molecule has 0 heterocycles. The van der Waals surface area contributed by atoms with Crippen LogP contribution in [0, 0.1) is 0 Å². The van der Waals surface area contributed by atoms with Crippen LogP contribution in [-0.4, -0.2) is 7.38 Å². The lowest BCUT2D eigenvalue weighted by Crippen LogP contribution is -2.20. The van der Waals surface area contributed by atoms with Crippen molar-refractivity contribution < 1.29 is 0 Å². The second-order valence-electron chi connectivity index (χ2n) is 3.38. The summed E-state index contributed by atoms with van der Waals surface area (Å²) in [6.07, 6.45) is 0. The third-order valence-corrected chi connectivity index (χ3v) is 3.12. The second-order valence-corrected chi connectivity index (χ2v) is 10.2. The first-order valence-electron chi connectivity index (χ1n) is 3.81. The SMILES string of the molecule is C[Si](C)(Cl)Cc1ccccc1. The highest BCUT2D eigenvalue weighted by Gasteiger charge is 2.16. The molecular formula is C9H13ClSi. The van der Waals surface area contributed by atoms with Gasteiger partial charge in [0.15, 0.2) is 7.38 Å². The molecule has 60 valence electrons. The molecule has 0 amide bonds. The largest absolute Gasteiger partial charge is 0.167 e. The van der Waals surface area contributed by atoms with Gasteiger partial charge < -0.3 is 0 Å². The molecule has 0 aliphatic heterocycles. The Kier molecular flexibility index (Phi) is 2.74. The normalized spacial score (nSPS) is 11.5. The molecule has 0 unspecified atom stereocenters. The Balaban J connectivity index is 2.66. The van der Waals surface area contributed by atoms with Gasteiger partial charge in [0.25, 0.3) is 0 Å². The van der Waals surface area contributed by atoms with E-state index in [2.05, 4.69) is 37.4 Å². The molecule has 0 saturated heterocycles. The molecule has 0 aromatic heterocycles. The summed E-state index contributed by atoms with van der Waals surface area (Å²) in [4.78, 5) is 0. The lowest BCUT2D eigenvalue weighted by molar-refractivity contribution is 1.34. The highest BCUT2D eigenvalue weighted by atomic mass is 35.6. The van der Waals surface area contributed by atoms with Crippen LogP contribution >= 0.6 is 11.1 Å². The van der Waals surface area contributed by atoms with Gasteiger partial charge in [0, 0.05) is 0 Å². The van der Waals surface area contributed by atoms with Crippen molar-refractivity contribution in [1.29, 1.82) is 0 Å². The summed E-state index contributed by atoms with van der Waals surface area (Å²) < 4.78 is 0. The Bertz CT molecular complexity index is 213. The van der Waals surface area contributed by atoms with Gasteiger partial charge in [-0.05, 0) is 11.6 Å². The summed E-state index contributed by atoms with van der Waals surface area (Å²) in [5.74, 6) is 0. The quantitative estimate of drug-likeness (QED) is 0.489. The van der Waals surface area contributed by atoms with E-state index in [0.29, 0.717) is 0 Å². The molecule has 1 aromatic rings. The molecule has 0 N–H and O–H groups in total. The van der Waals surface area contributed by atoms with Crippen LogP contribution in [0.1, 0.15) is 5.56 Å². The van der Waals surface area contributed by atoms with Crippen molar-refractivity contribution in [2.75, 3.05) is 0 Å². The first kappa shape index (κ1) is 8.82. The van der Waals surface area contributed by atoms with Crippen LogP contribution in [0.2, 0.25) is 13.1 Å². The standard InChI is InChI=1S/C9H13ClSi/c1-11(2,10)8-9-6-4-3-5-7-9/h3-7H,8H2,1-2H3. The lowest BCUT2D eigenvalue weighted by atomic mass is 10.2. The van der Waals surface area contributed by atoms with Crippen molar-refractivity contribution in [1.82, 2.24) is 0 Å². The first-order valence-corrected chi connectivity index (χ1v) is 8.03. The van der Waals surface area contributed by atoms with Gasteiger partial charge in [-0.3, -0.25) is 0 Å². The summed E-state index contributed by atoms with van der Waals surface area (Å²) >= 11 is 6.21. The fourth-order valence-electron chi connectivity index (χ4n) is 1.08. The zero-order valence-electron chi connectivity index (χ0n) is 6.97. The number of halogens is 1. The Morgan fingerprint density at radius 3 is 2.18 bits per heavy atom. The topological polar surface area (TPSA) is 0 Å². The van der Waals surface area contributed by atoms with E-state index in [4.69, 9.17) is 11.1 Å². The Morgan fingerprint density at radius 2 is 1.73 bits per heavy atom. The molecule has 0 aliphatic rings. The predicted molar refractivity (Wildman–Crippen MR) is 53.5 cm³/mol. The average molecular weight is 185 g/mol. The van der Waals surface area contributed by atoms with Crippen LogP contribution in [0.15, 0.2) is 30.3 Å². The van der Waals surface area contributed by atoms with Gasteiger partial charge in [-0.2, -0.15) is 11.1 Å². The predicted octanol–water partition coefficient (Wildman–Crippen LogP) is 3.21. The summed E-state index contributed by atoms with van der Waals surface area (Å²) in [6.45, 7) is 4.34. The number of hydrogen-bond donors (Lipinski definition) is 0. The van der Waals surface area contributed by atoms with Crippen LogP contribution < -0.4 is 0 Å². The Hall–Kier alpha value is -0.273. The molecule has 0 bridgehead atoms. The second kappa shape index (κ2) is 3.42. The van der Waals surface area contributed by atoms with Crippen molar-refractivity contribution in [3.05, 3.63) is 35.9 Å². The molecule has 0 nitrogen and oxygen atoms in total. The summed E-state index contributed by atoms with van der Waals surface area (Å²) in [7, 11) is -1.43. The highest BCUT2D eigenvalue weighted by Crippen LogP contribution is 2.14. The minimum atomic E-state index is -1.43. The zero-order valence-corrected chi connectivity index (χ0v) is 8.73. The van der Waals surface area contributed by atoms with Crippen molar-refractivity contribution in [3.8, 4) is 0 Å². The van der Waals surface area contributed by atoms with Crippen LogP contribution in [0.4, 0.5) is 0 Å². The third kappa shape index (κ3) is 3.59. The summed E-state index contributed by atoms with van der Waals surface area (Å²) in [5.41, 5.74) is 1.36. The number of rotatable bonds is 2. The van der Waals surface area contributed by atoms with Gasteiger partial charge in [-0.1, -0.05) is 43.4 Å². The van der Waals surface area contributed by atoms with E-state index >= 15 is 0 Å². The molecule has 0 spiro atoms. The van der Waals surface area contributed by atoms with Crippen molar-refractivity contribution in [2.45, 2.75) is 19.1 Å². The molecule has 0 atom stereocenters. The average Bonchev–Trinajstić information content (AvgIpc) is 1.85. The smallest absolute Gasteiger partial charge is 0.154 e. The van der Waals surface area contributed by atoms with Crippen molar-refractivity contribution >= 4 is 18.5 Å². The Morgan fingerprint density at radius 1 is 1.18 bits per heavy atom. The third-order valence-electron chi connectivity index (χ3n) is 1.47. The molecular weight excluding hydrogens is 172 g/mol. The van der Waals surface area contributed by atoms with Crippen molar-refractivity contribution in [3.63, 3.8) is 0 Å². The van der Waals surface area contributed by atoms with E-state index < -0.39 is 7.38 Å². The monoisotopic (exact) mass is 184 g/mol. The van der Waals surface area contributed by atoms with Crippen LogP contribution in [0.25, 0.3) is 0 Å². The number of hydrogen-bond acceptors (Lipinski definition) is 0. The highest BCUT2D eigenvalue weighted by molar-refractivity contribution is 7.18. The van der Waals surface area contributed by atoms with Gasteiger partial charge in [-0.15, -0.1) is 0 Å². The van der Waals surface area contributed by atoms with Crippen LogP contribution in [-0.2, 0) is 6.04 Å². The number of benzene rings is 1. The molecule has 0 aliphatic carbocycles. The van der Waals surface area contributed by atoms with Gasteiger partial charge in [-0.25, -0.2) is 0 Å². The molecule has 1 rings (SSSR count). The minimum Gasteiger partial charge on any atom is -0.167 e. The van der Waals surface area contributed by atoms with Crippen LogP contribution in [0.5, 0.6) is 0 Å². The first-order chi connectivity index (χ1) is 5.08. The molecule has 1 aromatic carbocycles. The van der Waals surface area contributed by atoms with Crippen molar-refractivity contribution in [2.24, 2.45) is 0 Å². The maximum absolute atomic E-state index is 6.21. The maximum atomic E-state index is 6.21. The van der Waals surface area contributed by atoms with Crippen LogP contribution in [0.3, 0.4) is 0 Å². The van der Waals surface area contributed by atoms with Gasteiger partial charge >= 0.3 is 0 Å². The van der Waals surface area contributed by atoms with Gasteiger partial charge in [0.1, 0.15) is 0 Å². The molecule has 2 heteroatoms. The van der Waals surface area contributed by atoms with Gasteiger partial charge in [0.2, 0.25) is 0 Å². The van der Waals surface area contributed by atoms with E-state index in [0.717, 1.165) is 6.04 Å². The van der Waals surface area contributed by atoms with Gasteiger partial charge in [0.05, 0.1) is 0 Å².